The van der Waals surface area contributed by atoms with Crippen molar-refractivity contribution in [1.29, 1.82) is 0 Å². The normalized spacial score (nSPS) is 29.4. The van der Waals surface area contributed by atoms with E-state index in [1.54, 1.807) is 0 Å². The van der Waals surface area contributed by atoms with Crippen LogP contribution in [0, 0.1) is 5.92 Å². The molecule has 2 aliphatic rings. The second kappa shape index (κ2) is 16.7. The molecule has 244 valence electrons. The number of benzene rings is 3. The highest BCUT2D eigenvalue weighted by molar-refractivity contribution is 5.72. The van der Waals surface area contributed by atoms with Gasteiger partial charge in [-0.25, -0.2) is 0 Å². The summed E-state index contributed by atoms with van der Waals surface area (Å²) in [6.07, 6.45) is -5.38. The van der Waals surface area contributed by atoms with Crippen LogP contribution in [0.25, 0.3) is 10.4 Å². The van der Waals surface area contributed by atoms with Crippen LogP contribution in [-0.2, 0) is 53.0 Å². The Kier molecular flexibility index (Phi) is 12.2. The number of methoxy groups -OCH3 is 1. The number of rotatable bonds is 13. The molecule has 1 saturated heterocycles. The van der Waals surface area contributed by atoms with Crippen LogP contribution in [0.4, 0.5) is 0 Å². The molecule has 1 aliphatic heterocycles. The average molecular weight is 632 g/mol. The number of aliphatic hydroxyl groups excluding tert-OH is 1. The van der Waals surface area contributed by atoms with Gasteiger partial charge in [0.2, 0.25) is 0 Å². The fraction of sp³-hybridized carbons (Fsp3) is 0.457. The maximum absolute atomic E-state index is 12.3. The van der Waals surface area contributed by atoms with Gasteiger partial charge in [0.05, 0.1) is 57.2 Å². The maximum atomic E-state index is 12.3. The van der Waals surface area contributed by atoms with Gasteiger partial charge in [0.15, 0.2) is 6.29 Å². The molecule has 3 aromatic rings. The van der Waals surface area contributed by atoms with Crippen LogP contribution in [-0.4, -0.2) is 67.1 Å². The van der Waals surface area contributed by atoms with E-state index in [-0.39, 0.29) is 26.1 Å². The van der Waals surface area contributed by atoms with Crippen molar-refractivity contribution < 1.29 is 38.3 Å². The molecule has 0 spiro atoms. The number of azide groups is 1. The van der Waals surface area contributed by atoms with Crippen molar-refractivity contribution in [2.75, 3.05) is 7.11 Å². The van der Waals surface area contributed by atoms with Gasteiger partial charge in [0.1, 0.15) is 18.3 Å². The lowest BCUT2D eigenvalue weighted by atomic mass is 9.82. The number of aliphatic hydroxyl groups is 1. The van der Waals surface area contributed by atoms with Gasteiger partial charge >= 0.3 is 5.97 Å². The SMILES string of the molecule is COC(=O)C1CC(N=[N+]=[N-])C(O[C@@H]2OC(C)[C@H](OCc3ccccc3)C(OCc3ccccc3)C2OCc2ccccc2)[C@H](O)C1. The third-order valence-electron chi connectivity index (χ3n) is 8.42. The number of carbonyl (C=O) groups excluding carboxylic acids is 1. The Labute approximate surface area is 269 Å². The van der Waals surface area contributed by atoms with E-state index in [0.717, 1.165) is 16.7 Å². The molecule has 1 N–H and O–H groups in total. The molecule has 11 nitrogen and oxygen atoms in total. The average Bonchev–Trinajstić information content (AvgIpc) is 3.08. The van der Waals surface area contributed by atoms with Gasteiger partial charge in [0.25, 0.3) is 0 Å². The summed E-state index contributed by atoms with van der Waals surface area (Å²) in [4.78, 5) is 15.3. The van der Waals surface area contributed by atoms with Crippen molar-refractivity contribution in [3.05, 3.63) is 118 Å². The molecule has 1 aliphatic carbocycles. The quantitative estimate of drug-likeness (QED) is 0.113. The topological polar surface area (TPSA) is 141 Å². The number of hydrogen-bond acceptors (Lipinski definition) is 9. The molecular weight excluding hydrogens is 590 g/mol. The molecule has 0 aromatic heterocycles. The van der Waals surface area contributed by atoms with Crippen LogP contribution in [0.2, 0.25) is 0 Å². The van der Waals surface area contributed by atoms with E-state index in [4.69, 9.17) is 28.4 Å². The van der Waals surface area contributed by atoms with Crippen molar-refractivity contribution in [2.24, 2.45) is 11.0 Å². The molecule has 0 bridgehead atoms. The fourth-order valence-electron chi connectivity index (χ4n) is 6.06. The highest BCUT2D eigenvalue weighted by Crippen LogP contribution is 2.36. The molecule has 0 radical (unpaired) electrons. The zero-order valence-corrected chi connectivity index (χ0v) is 26.0. The summed E-state index contributed by atoms with van der Waals surface area (Å²) in [6, 6.07) is 28.5. The van der Waals surface area contributed by atoms with Crippen molar-refractivity contribution in [3.8, 4) is 0 Å². The Balaban J connectivity index is 1.44. The molecule has 46 heavy (non-hydrogen) atoms. The van der Waals surface area contributed by atoms with Gasteiger partial charge < -0.3 is 33.5 Å². The fourth-order valence-corrected chi connectivity index (χ4v) is 6.06. The van der Waals surface area contributed by atoms with Gasteiger partial charge in [0, 0.05) is 4.91 Å². The third-order valence-corrected chi connectivity index (χ3v) is 8.42. The Morgan fingerprint density at radius 1 is 0.804 bits per heavy atom. The van der Waals surface area contributed by atoms with E-state index in [9.17, 15) is 15.4 Å². The first-order chi connectivity index (χ1) is 22.5. The Morgan fingerprint density at radius 3 is 1.80 bits per heavy atom. The second-order valence-electron chi connectivity index (χ2n) is 11.6. The highest BCUT2D eigenvalue weighted by Gasteiger charge is 2.50. The molecule has 1 heterocycles. The lowest BCUT2D eigenvalue weighted by Crippen LogP contribution is -2.62. The summed E-state index contributed by atoms with van der Waals surface area (Å²) in [5.41, 5.74) is 12.2. The van der Waals surface area contributed by atoms with Gasteiger partial charge in [-0.3, -0.25) is 4.79 Å². The first kappa shape index (κ1) is 33.6. The summed E-state index contributed by atoms with van der Waals surface area (Å²) in [5, 5.41) is 15.1. The summed E-state index contributed by atoms with van der Waals surface area (Å²) in [7, 11) is 1.29. The van der Waals surface area contributed by atoms with Gasteiger partial charge in [-0.1, -0.05) is 96.1 Å². The predicted molar refractivity (Wildman–Crippen MR) is 168 cm³/mol. The zero-order chi connectivity index (χ0) is 32.3. The summed E-state index contributed by atoms with van der Waals surface area (Å²) in [6.45, 7) is 2.73. The first-order valence-corrected chi connectivity index (χ1v) is 15.5. The van der Waals surface area contributed by atoms with Gasteiger partial charge in [-0.15, -0.1) is 0 Å². The molecule has 3 aromatic carbocycles. The number of hydrogen-bond donors (Lipinski definition) is 1. The monoisotopic (exact) mass is 631 g/mol. The lowest BCUT2D eigenvalue weighted by molar-refractivity contribution is -0.336. The molecule has 6 unspecified atom stereocenters. The molecule has 11 heteroatoms. The Morgan fingerprint density at radius 2 is 1.30 bits per heavy atom. The van der Waals surface area contributed by atoms with Crippen LogP contribution in [0.5, 0.6) is 0 Å². The van der Waals surface area contributed by atoms with Crippen LogP contribution >= 0.6 is 0 Å². The summed E-state index contributed by atoms with van der Waals surface area (Å²) < 4.78 is 37.5. The van der Waals surface area contributed by atoms with E-state index in [1.807, 2.05) is 97.9 Å². The molecule has 1 saturated carbocycles. The molecule has 9 atom stereocenters. The number of carbonyl (C=O) groups is 1. The predicted octanol–water partition coefficient (Wildman–Crippen LogP) is 5.50. The van der Waals surface area contributed by atoms with Crippen LogP contribution in [0.3, 0.4) is 0 Å². The van der Waals surface area contributed by atoms with E-state index in [0.29, 0.717) is 6.61 Å². The van der Waals surface area contributed by atoms with Crippen molar-refractivity contribution in [3.63, 3.8) is 0 Å². The number of ether oxygens (including phenoxy) is 6. The summed E-state index contributed by atoms with van der Waals surface area (Å²) in [5.74, 6) is -1.11. The molecule has 2 fully saturated rings. The smallest absolute Gasteiger partial charge is 0.308 e. The van der Waals surface area contributed by atoms with Crippen molar-refractivity contribution >= 4 is 5.97 Å². The third kappa shape index (κ3) is 8.71. The standard InChI is InChI=1S/C35H41N3O8/c1-23-30(42-20-24-12-6-3-7-13-24)32(43-21-25-14-8-4-9-15-25)33(44-22-26-16-10-5-11-17-26)35(45-23)46-31-28(37-38-36)18-27(19-29(31)39)34(40)41-2/h3-17,23,27-33,35,39H,18-22H2,1-2H3/t23?,27?,28?,29-,30+,31?,32?,33?,35+/m1/s1. The molecule has 5 rings (SSSR count). The van der Waals surface area contributed by atoms with E-state index >= 15 is 0 Å². The summed E-state index contributed by atoms with van der Waals surface area (Å²) >= 11 is 0. The van der Waals surface area contributed by atoms with E-state index in [1.165, 1.54) is 7.11 Å². The van der Waals surface area contributed by atoms with Crippen molar-refractivity contribution in [2.45, 2.75) is 88.5 Å². The van der Waals surface area contributed by atoms with Gasteiger partial charge in [-0.05, 0) is 42.0 Å². The number of esters is 1. The minimum Gasteiger partial charge on any atom is -0.469 e. The van der Waals surface area contributed by atoms with Crippen LogP contribution < -0.4 is 0 Å². The largest absolute Gasteiger partial charge is 0.469 e. The first-order valence-electron chi connectivity index (χ1n) is 15.5. The molecule has 0 amide bonds. The number of nitrogens with zero attached hydrogens (tertiary/aromatic N) is 3. The minimum atomic E-state index is -1.13. The van der Waals surface area contributed by atoms with Crippen molar-refractivity contribution in [1.82, 2.24) is 0 Å². The Hall–Kier alpha value is -3.80. The highest BCUT2D eigenvalue weighted by atomic mass is 16.7. The van der Waals surface area contributed by atoms with Crippen LogP contribution in [0.1, 0.15) is 36.5 Å². The van der Waals surface area contributed by atoms with Gasteiger partial charge in [-0.2, -0.15) is 0 Å². The minimum absolute atomic E-state index is 0.0867. The second-order valence-corrected chi connectivity index (χ2v) is 11.6. The zero-order valence-electron chi connectivity index (χ0n) is 26.0. The maximum Gasteiger partial charge on any atom is 0.308 e. The van der Waals surface area contributed by atoms with Crippen LogP contribution in [0.15, 0.2) is 96.1 Å². The van der Waals surface area contributed by atoms with E-state index < -0.39 is 60.8 Å². The lowest BCUT2D eigenvalue weighted by Gasteiger charge is -2.47. The molecular formula is C35H41N3O8. The Bertz CT molecular complexity index is 1410. The van der Waals surface area contributed by atoms with E-state index in [2.05, 4.69) is 10.0 Å².